The Bertz CT molecular complexity index is 1650. The molecule has 5 rings (SSSR count). The van der Waals surface area contributed by atoms with Gasteiger partial charge in [0.15, 0.2) is 0 Å². The molecule has 0 aliphatic carbocycles. The molecule has 5 aromatic rings. The van der Waals surface area contributed by atoms with E-state index in [1.807, 2.05) is 35.7 Å². The SMILES string of the molecule is O=C(Cc1ccc(-n2c(=O)c3ccccc3n(Cc3ccccc3Cl)c2=O)cc1)NCc1cccs1. The van der Waals surface area contributed by atoms with Crippen molar-refractivity contribution in [2.75, 3.05) is 0 Å². The average molecular weight is 516 g/mol. The van der Waals surface area contributed by atoms with E-state index in [1.165, 1.54) is 4.57 Å². The maximum Gasteiger partial charge on any atom is 0.336 e. The molecule has 1 N–H and O–H groups in total. The van der Waals surface area contributed by atoms with Gasteiger partial charge in [0.05, 0.1) is 36.1 Å². The van der Waals surface area contributed by atoms with Crippen LogP contribution in [0.15, 0.2) is 99.9 Å². The van der Waals surface area contributed by atoms with Crippen LogP contribution in [0.4, 0.5) is 0 Å². The summed E-state index contributed by atoms with van der Waals surface area (Å²) in [7, 11) is 0. The van der Waals surface area contributed by atoms with Gasteiger partial charge in [0.1, 0.15) is 0 Å². The summed E-state index contributed by atoms with van der Waals surface area (Å²) in [5.74, 6) is -0.0962. The third-order valence-corrected chi connectivity index (χ3v) is 7.18. The minimum absolute atomic E-state index is 0.0962. The Balaban J connectivity index is 1.47. The number of fused-ring (bicyclic) bond motifs is 1. The van der Waals surface area contributed by atoms with E-state index in [1.54, 1.807) is 70.5 Å². The maximum absolute atomic E-state index is 13.6. The molecule has 0 aliphatic heterocycles. The Hall–Kier alpha value is -3.94. The highest BCUT2D eigenvalue weighted by molar-refractivity contribution is 7.09. The molecular weight excluding hydrogens is 494 g/mol. The van der Waals surface area contributed by atoms with Gasteiger partial charge in [-0.2, -0.15) is 0 Å². The Labute approximate surface area is 216 Å². The molecule has 3 aromatic carbocycles. The number of hydrogen-bond acceptors (Lipinski definition) is 4. The average Bonchev–Trinajstić information content (AvgIpc) is 3.41. The molecular formula is C28H22ClN3O3S. The molecule has 0 atom stereocenters. The lowest BCUT2D eigenvalue weighted by Crippen LogP contribution is -2.39. The largest absolute Gasteiger partial charge is 0.351 e. The van der Waals surface area contributed by atoms with Crippen molar-refractivity contribution in [2.45, 2.75) is 19.5 Å². The lowest BCUT2D eigenvalue weighted by molar-refractivity contribution is -0.120. The van der Waals surface area contributed by atoms with Crippen LogP contribution < -0.4 is 16.6 Å². The van der Waals surface area contributed by atoms with E-state index < -0.39 is 11.2 Å². The third-order valence-electron chi connectivity index (χ3n) is 5.94. The second kappa shape index (κ2) is 10.4. The van der Waals surface area contributed by atoms with Gasteiger partial charge in [0.25, 0.3) is 5.56 Å². The molecule has 0 saturated carbocycles. The third kappa shape index (κ3) is 4.89. The first-order chi connectivity index (χ1) is 17.5. The van der Waals surface area contributed by atoms with Crippen LogP contribution in [0.3, 0.4) is 0 Å². The molecule has 2 aromatic heterocycles. The first kappa shape index (κ1) is 23.8. The minimum Gasteiger partial charge on any atom is -0.351 e. The monoisotopic (exact) mass is 515 g/mol. The highest BCUT2D eigenvalue weighted by Crippen LogP contribution is 2.18. The van der Waals surface area contributed by atoms with Crippen molar-refractivity contribution < 1.29 is 4.79 Å². The number of rotatable bonds is 7. The van der Waals surface area contributed by atoms with Crippen LogP contribution in [-0.2, 0) is 24.3 Å². The van der Waals surface area contributed by atoms with Gasteiger partial charge in [0, 0.05) is 9.90 Å². The molecule has 36 heavy (non-hydrogen) atoms. The van der Waals surface area contributed by atoms with Crippen LogP contribution in [-0.4, -0.2) is 15.0 Å². The number of nitrogens with one attached hydrogen (secondary N) is 1. The van der Waals surface area contributed by atoms with E-state index in [-0.39, 0.29) is 18.9 Å². The summed E-state index contributed by atoms with van der Waals surface area (Å²) >= 11 is 7.95. The number of aromatic nitrogens is 2. The first-order valence-corrected chi connectivity index (χ1v) is 12.6. The number of carbonyl (C=O) groups is 1. The minimum atomic E-state index is -0.458. The highest BCUT2D eigenvalue weighted by Gasteiger charge is 2.16. The lowest BCUT2D eigenvalue weighted by atomic mass is 10.1. The number of hydrogen-bond donors (Lipinski definition) is 1. The molecule has 2 heterocycles. The van der Waals surface area contributed by atoms with Gasteiger partial charge >= 0.3 is 5.69 Å². The number of benzene rings is 3. The highest BCUT2D eigenvalue weighted by atomic mass is 35.5. The van der Waals surface area contributed by atoms with E-state index >= 15 is 0 Å². The normalized spacial score (nSPS) is 11.0. The maximum atomic E-state index is 13.6. The quantitative estimate of drug-likeness (QED) is 0.339. The van der Waals surface area contributed by atoms with Crippen LogP contribution in [0, 0.1) is 0 Å². The molecule has 1 amide bonds. The number of para-hydroxylation sites is 1. The predicted molar refractivity (Wildman–Crippen MR) is 144 cm³/mol. The summed E-state index contributed by atoms with van der Waals surface area (Å²) in [6.45, 7) is 0.716. The number of halogens is 1. The van der Waals surface area contributed by atoms with Crippen molar-refractivity contribution in [3.05, 3.63) is 132 Å². The van der Waals surface area contributed by atoms with Crippen LogP contribution >= 0.6 is 22.9 Å². The first-order valence-electron chi connectivity index (χ1n) is 11.4. The van der Waals surface area contributed by atoms with Gasteiger partial charge in [-0.15, -0.1) is 11.3 Å². The molecule has 8 heteroatoms. The summed E-state index contributed by atoms with van der Waals surface area (Å²) in [6, 6.07) is 25.2. The van der Waals surface area contributed by atoms with Crippen LogP contribution in [0.5, 0.6) is 0 Å². The van der Waals surface area contributed by atoms with Gasteiger partial charge in [-0.3, -0.25) is 14.2 Å². The Morgan fingerprint density at radius 2 is 1.64 bits per heavy atom. The van der Waals surface area contributed by atoms with Crippen molar-refractivity contribution >= 4 is 39.7 Å². The molecule has 0 bridgehead atoms. The molecule has 180 valence electrons. The Morgan fingerprint density at radius 3 is 2.39 bits per heavy atom. The van der Waals surface area contributed by atoms with Gasteiger partial charge < -0.3 is 5.32 Å². The summed E-state index contributed by atoms with van der Waals surface area (Å²) in [4.78, 5) is 40.4. The fourth-order valence-electron chi connectivity index (χ4n) is 4.11. The summed E-state index contributed by atoms with van der Waals surface area (Å²) < 4.78 is 2.73. The van der Waals surface area contributed by atoms with Gasteiger partial charge in [-0.05, 0) is 52.9 Å². The number of thiophene rings is 1. The van der Waals surface area contributed by atoms with Crippen LogP contribution in [0.2, 0.25) is 5.02 Å². The van der Waals surface area contributed by atoms with Crippen LogP contribution in [0.1, 0.15) is 16.0 Å². The smallest absolute Gasteiger partial charge is 0.336 e. The summed E-state index contributed by atoms with van der Waals surface area (Å²) in [5, 5.41) is 5.86. The standard InChI is InChI=1S/C28H22ClN3O3S/c29-24-9-3-1-6-20(24)18-31-25-10-4-2-8-23(25)27(34)32(28(31)35)21-13-11-19(12-14-21)16-26(33)30-17-22-7-5-15-36-22/h1-15H,16-18H2,(H,30,33). The van der Waals surface area contributed by atoms with Gasteiger partial charge in [0.2, 0.25) is 5.91 Å². The van der Waals surface area contributed by atoms with Crippen LogP contribution in [0.25, 0.3) is 16.6 Å². The molecule has 0 fully saturated rings. The molecule has 0 radical (unpaired) electrons. The molecule has 0 unspecified atom stereocenters. The molecule has 0 spiro atoms. The van der Waals surface area contributed by atoms with Gasteiger partial charge in [-0.25, -0.2) is 9.36 Å². The molecule has 6 nitrogen and oxygen atoms in total. The number of carbonyl (C=O) groups excluding carboxylic acids is 1. The van der Waals surface area contributed by atoms with E-state index in [9.17, 15) is 14.4 Å². The Morgan fingerprint density at radius 1 is 0.889 bits per heavy atom. The zero-order chi connectivity index (χ0) is 25.1. The Kier molecular flexibility index (Phi) is 6.84. The zero-order valence-corrected chi connectivity index (χ0v) is 20.8. The van der Waals surface area contributed by atoms with Crippen molar-refractivity contribution in [3.8, 4) is 5.69 Å². The second-order valence-corrected chi connectivity index (χ2v) is 9.76. The van der Waals surface area contributed by atoms with Crippen molar-refractivity contribution in [1.82, 2.24) is 14.5 Å². The van der Waals surface area contributed by atoms with Crippen molar-refractivity contribution in [3.63, 3.8) is 0 Å². The summed E-state index contributed by atoms with van der Waals surface area (Å²) in [6.07, 6.45) is 0.203. The van der Waals surface area contributed by atoms with Crippen molar-refractivity contribution in [2.24, 2.45) is 0 Å². The fraction of sp³-hybridized carbons (Fsp3) is 0.107. The summed E-state index contributed by atoms with van der Waals surface area (Å²) in [5.41, 5.74) is 1.69. The van der Waals surface area contributed by atoms with Crippen molar-refractivity contribution in [1.29, 1.82) is 0 Å². The predicted octanol–water partition coefficient (Wildman–Crippen LogP) is 4.77. The number of amides is 1. The van der Waals surface area contributed by atoms with E-state index in [0.29, 0.717) is 28.2 Å². The lowest BCUT2D eigenvalue weighted by Gasteiger charge is -2.15. The topological polar surface area (TPSA) is 73.1 Å². The van der Waals surface area contributed by atoms with Gasteiger partial charge in [-0.1, -0.05) is 60.1 Å². The molecule has 0 aliphatic rings. The zero-order valence-electron chi connectivity index (χ0n) is 19.2. The fourth-order valence-corrected chi connectivity index (χ4v) is 4.95. The second-order valence-electron chi connectivity index (χ2n) is 8.32. The number of nitrogens with zero attached hydrogens (tertiary/aromatic N) is 2. The van der Waals surface area contributed by atoms with E-state index in [2.05, 4.69) is 5.32 Å². The van der Waals surface area contributed by atoms with E-state index in [0.717, 1.165) is 16.0 Å². The van der Waals surface area contributed by atoms with E-state index in [4.69, 9.17) is 11.6 Å². The molecule has 0 saturated heterocycles.